The Bertz CT molecular complexity index is 651. The van der Waals surface area contributed by atoms with Crippen LogP contribution in [0.15, 0.2) is 24.3 Å². The van der Waals surface area contributed by atoms with E-state index in [0.717, 1.165) is 46.8 Å². The molecule has 0 radical (unpaired) electrons. The predicted molar refractivity (Wildman–Crippen MR) is 87.7 cm³/mol. The molecule has 0 saturated carbocycles. The van der Waals surface area contributed by atoms with Crippen molar-refractivity contribution in [2.75, 3.05) is 23.3 Å². The smallest absolute Gasteiger partial charge is 0.136 e. The van der Waals surface area contributed by atoms with Gasteiger partial charge in [0.05, 0.1) is 0 Å². The van der Waals surface area contributed by atoms with Crippen molar-refractivity contribution in [2.45, 2.75) is 26.7 Å². The Morgan fingerprint density at radius 2 is 1.90 bits per heavy atom. The van der Waals surface area contributed by atoms with Crippen molar-refractivity contribution >= 4 is 28.9 Å². The SMILES string of the molecule is Cc1nc(Nc2cccc(Cl)c2C)cc(N2CCCC2)n1. The number of nitrogens with zero attached hydrogens (tertiary/aromatic N) is 3. The third-order valence-corrected chi connectivity index (χ3v) is 4.19. The van der Waals surface area contributed by atoms with Crippen LogP contribution < -0.4 is 10.2 Å². The molecule has 0 aliphatic carbocycles. The molecule has 1 aliphatic heterocycles. The lowest BCUT2D eigenvalue weighted by Crippen LogP contribution is -2.19. The van der Waals surface area contributed by atoms with E-state index in [4.69, 9.17) is 11.6 Å². The van der Waals surface area contributed by atoms with E-state index in [1.807, 2.05) is 38.1 Å². The molecule has 0 bridgehead atoms. The number of halogens is 1. The van der Waals surface area contributed by atoms with Gasteiger partial charge < -0.3 is 10.2 Å². The molecule has 5 heteroatoms. The predicted octanol–water partition coefficient (Wildman–Crippen LogP) is 4.09. The van der Waals surface area contributed by atoms with Crippen LogP contribution in [0.25, 0.3) is 0 Å². The number of anilines is 3. The van der Waals surface area contributed by atoms with Crippen molar-refractivity contribution in [3.05, 3.63) is 40.7 Å². The van der Waals surface area contributed by atoms with Gasteiger partial charge in [0.1, 0.15) is 17.5 Å². The quantitative estimate of drug-likeness (QED) is 0.927. The van der Waals surface area contributed by atoms with Crippen molar-refractivity contribution in [1.82, 2.24) is 9.97 Å². The molecule has 2 aromatic rings. The molecule has 21 heavy (non-hydrogen) atoms. The van der Waals surface area contributed by atoms with Crippen molar-refractivity contribution in [3.63, 3.8) is 0 Å². The zero-order valence-electron chi connectivity index (χ0n) is 12.4. The third kappa shape index (κ3) is 3.10. The third-order valence-electron chi connectivity index (χ3n) is 3.78. The highest BCUT2D eigenvalue weighted by Crippen LogP contribution is 2.27. The summed E-state index contributed by atoms with van der Waals surface area (Å²) in [5, 5.41) is 4.11. The van der Waals surface area contributed by atoms with Crippen LogP contribution in [-0.2, 0) is 0 Å². The molecule has 110 valence electrons. The van der Waals surface area contributed by atoms with Crippen LogP contribution in [-0.4, -0.2) is 23.1 Å². The lowest BCUT2D eigenvalue weighted by atomic mass is 10.2. The highest BCUT2D eigenvalue weighted by molar-refractivity contribution is 6.31. The summed E-state index contributed by atoms with van der Waals surface area (Å²) < 4.78 is 0. The van der Waals surface area contributed by atoms with Gasteiger partial charge in [0.15, 0.2) is 0 Å². The summed E-state index contributed by atoms with van der Waals surface area (Å²) in [7, 11) is 0. The summed E-state index contributed by atoms with van der Waals surface area (Å²) in [5.41, 5.74) is 2.01. The molecule has 1 fully saturated rings. The Labute approximate surface area is 130 Å². The van der Waals surface area contributed by atoms with Gasteiger partial charge >= 0.3 is 0 Å². The van der Waals surface area contributed by atoms with E-state index in [1.54, 1.807) is 0 Å². The van der Waals surface area contributed by atoms with E-state index < -0.39 is 0 Å². The molecule has 0 amide bonds. The average Bonchev–Trinajstić information content (AvgIpc) is 2.97. The highest BCUT2D eigenvalue weighted by atomic mass is 35.5. The lowest BCUT2D eigenvalue weighted by molar-refractivity contribution is 0.911. The molecular formula is C16H19ClN4. The highest BCUT2D eigenvalue weighted by Gasteiger charge is 2.15. The van der Waals surface area contributed by atoms with Gasteiger partial charge in [0.2, 0.25) is 0 Å². The van der Waals surface area contributed by atoms with Gasteiger partial charge in [-0.3, -0.25) is 0 Å². The van der Waals surface area contributed by atoms with Gasteiger partial charge in [-0.2, -0.15) is 0 Å². The molecule has 4 nitrogen and oxygen atoms in total. The Hall–Kier alpha value is -1.81. The van der Waals surface area contributed by atoms with Crippen LogP contribution in [0.1, 0.15) is 24.2 Å². The van der Waals surface area contributed by atoms with Crippen LogP contribution in [0.2, 0.25) is 5.02 Å². The summed E-state index contributed by atoms with van der Waals surface area (Å²) in [5.74, 6) is 2.60. The second-order valence-electron chi connectivity index (χ2n) is 5.39. The normalized spacial score (nSPS) is 14.5. The molecule has 1 aromatic carbocycles. The van der Waals surface area contributed by atoms with Crippen molar-refractivity contribution < 1.29 is 0 Å². The summed E-state index contributed by atoms with van der Waals surface area (Å²) in [6.07, 6.45) is 2.47. The minimum Gasteiger partial charge on any atom is -0.356 e. The first-order valence-electron chi connectivity index (χ1n) is 7.26. The van der Waals surface area contributed by atoms with E-state index in [2.05, 4.69) is 20.2 Å². The number of benzene rings is 1. The van der Waals surface area contributed by atoms with Crippen LogP contribution in [0, 0.1) is 13.8 Å². The van der Waals surface area contributed by atoms with Crippen LogP contribution >= 0.6 is 11.6 Å². The fourth-order valence-electron chi connectivity index (χ4n) is 2.61. The number of aromatic nitrogens is 2. The lowest BCUT2D eigenvalue weighted by Gasteiger charge is -2.18. The van der Waals surface area contributed by atoms with Crippen LogP contribution in [0.3, 0.4) is 0 Å². The number of hydrogen-bond acceptors (Lipinski definition) is 4. The molecule has 1 aromatic heterocycles. The number of hydrogen-bond donors (Lipinski definition) is 1. The number of rotatable bonds is 3. The topological polar surface area (TPSA) is 41.1 Å². The molecular weight excluding hydrogens is 284 g/mol. The van der Waals surface area contributed by atoms with Crippen LogP contribution in [0.5, 0.6) is 0 Å². The second kappa shape index (κ2) is 5.90. The molecule has 0 unspecified atom stereocenters. The van der Waals surface area contributed by atoms with E-state index in [0.29, 0.717) is 0 Å². The monoisotopic (exact) mass is 302 g/mol. The molecule has 2 heterocycles. The summed E-state index contributed by atoms with van der Waals surface area (Å²) in [4.78, 5) is 11.3. The van der Waals surface area contributed by atoms with E-state index in [9.17, 15) is 0 Å². The fourth-order valence-corrected chi connectivity index (χ4v) is 2.78. The maximum absolute atomic E-state index is 6.17. The zero-order valence-corrected chi connectivity index (χ0v) is 13.1. The summed E-state index contributed by atoms with van der Waals surface area (Å²) >= 11 is 6.17. The largest absolute Gasteiger partial charge is 0.356 e. The standard InChI is InChI=1S/C16H19ClN4/c1-11-13(17)6-5-7-14(11)20-15-10-16(19-12(2)18-15)21-8-3-4-9-21/h5-7,10H,3-4,8-9H2,1-2H3,(H,18,19,20). The van der Waals surface area contributed by atoms with Crippen LogP contribution in [0.4, 0.5) is 17.3 Å². The number of nitrogens with one attached hydrogen (secondary N) is 1. The average molecular weight is 303 g/mol. The van der Waals surface area contributed by atoms with Crippen molar-refractivity contribution in [3.8, 4) is 0 Å². The Morgan fingerprint density at radius 1 is 1.14 bits per heavy atom. The first-order valence-corrected chi connectivity index (χ1v) is 7.64. The van der Waals surface area contributed by atoms with E-state index in [1.165, 1.54) is 12.8 Å². The van der Waals surface area contributed by atoms with Gasteiger partial charge in [-0.25, -0.2) is 9.97 Å². The minimum absolute atomic E-state index is 0.755. The van der Waals surface area contributed by atoms with E-state index >= 15 is 0 Å². The van der Waals surface area contributed by atoms with Gasteiger partial charge in [-0.15, -0.1) is 0 Å². The maximum Gasteiger partial charge on any atom is 0.136 e. The molecule has 1 N–H and O–H groups in total. The van der Waals surface area contributed by atoms with Crippen molar-refractivity contribution in [2.24, 2.45) is 0 Å². The molecule has 1 aliphatic rings. The van der Waals surface area contributed by atoms with Gasteiger partial charge in [-0.05, 0) is 44.4 Å². The minimum atomic E-state index is 0.755. The zero-order chi connectivity index (χ0) is 14.8. The summed E-state index contributed by atoms with van der Waals surface area (Å²) in [6, 6.07) is 7.85. The Balaban J connectivity index is 1.89. The van der Waals surface area contributed by atoms with Crippen molar-refractivity contribution in [1.29, 1.82) is 0 Å². The molecule has 3 rings (SSSR count). The Morgan fingerprint density at radius 3 is 2.67 bits per heavy atom. The van der Waals surface area contributed by atoms with Gasteiger partial charge in [0, 0.05) is 29.9 Å². The molecule has 1 saturated heterocycles. The van der Waals surface area contributed by atoms with Gasteiger partial charge in [-0.1, -0.05) is 17.7 Å². The molecule has 0 spiro atoms. The summed E-state index contributed by atoms with van der Waals surface area (Å²) in [6.45, 7) is 6.08. The Kier molecular flexibility index (Phi) is 3.97. The first-order chi connectivity index (χ1) is 10.1. The molecule has 0 atom stereocenters. The fraction of sp³-hybridized carbons (Fsp3) is 0.375. The second-order valence-corrected chi connectivity index (χ2v) is 5.80. The maximum atomic E-state index is 6.17. The van der Waals surface area contributed by atoms with E-state index in [-0.39, 0.29) is 0 Å². The number of aryl methyl sites for hydroxylation is 1. The van der Waals surface area contributed by atoms with Gasteiger partial charge in [0.25, 0.3) is 0 Å². The first kappa shape index (κ1) is 14.1.